The number of unbranched alkanes of at least 4 members (excludes halogenated alkanes) is 36. The fraction of sp³-hybridized carbons (Fsp3) is 0.873. The third-order valence-corrected chi connectivity index (χ3v) is 15.6. The summed E-state index contributed by atoms with van der Waals surface area (Å²) in [6.07, 6.45) is 37.2. The van der Waals surface area contributed by atoms with Gasteiger partial charge in [-0.25, -0.2) is 4.79 Å². The zero-order valence-corrected chi connectivity index (χ0v) is 49.7. The molecule has 8 atom stereocenters. The number of hydrogen-bond donors (Lipinski definition) is 7. The molecule has 0 saturated carbocycles. The van der Waals surface area contributed by atoms with E-state index in [4.69, 9.17) is 18.9 Å². The average molecular weight is 1120 g/mol. The zero-order chi connectivity index (χ0) is 57.4. The number of carbonyl (C=O) groups excluding carboxylic acids is 2. The second-order valence-corrected chi connectivity index (χ2v) is 22.8. The van der Waals surface area contributed by atoms with E-state index in [0.29, 0.717) is 38.8 Å². The van der Waals surface area contributed by atoms with Gasteiger partial charge in [-0.15, -0.1) is 0 Å². The van der Waals surface area contributed by atoms with Crippen LogP contribution in [0.15, 0.2) is 24.3 Å². The summed E-state index contributed by atoms with van der Waals surface area (Å²) in [5.74, 6) is -0.0696. The van der Waals surface area contributed by atoms with Crippen molar-refractivity contribution in [3.63, 3.8) is 0 Å². The molecule has 0 radical (unpaired) electrons. The number of amides is 2. The number of rotatable bonds is 54. The first-order valence-electron chi connectivity index (χ1n) is 32.2. The van der Waals surface area contributed by atoms with Crippen molar-refractivity contribution in [3.8, 4) is 5.75 Å². The molecule has 0 aromatic heterocycles. The Labute approximate surface area is 478 Å². The minimum absolute atomic E-state index is 0.0963. The summed E-state index contributed by atoms with van der Waals surface area (Å²) in [6, 6.07) is 4.20. The Bertz CT molecular complexity index is 1590. The van der Waals surface area contributed by atoms with Crippen molar-refractivity contribution in [1.29, 1.82) is 0 Å². The quantitative estimate of drug-likeness (QED) is 0.0183. The van der Waals surface area contributed by atoms with Crippen molar-refractivity contribution >= 4 is 17.7 Å². The first-order valence-corrected chi connectivity index (χ1v) is 32.2. The summed E-state index contributed by atoms with van der Waals surface area (Å²) in [5, 5.41) is 71.4. The smallest absolute Gasteiger partial charge is 0.410 e. The number of aliphatic hydroxyl groups excluding tert-OH is 5. The molecule has 1 saturated heterocycles. The fourth-order valence-electron chi connectivity index (χ4n) is 10.5. The molecule has 1 aliphatic heterocycles. The van der Waals surface area contributed by atoms with E-state index in [1.54, 1.807) is 0 Å². The number of nitrogens with one attached hydrogen (secondary N) is 2. The molecule has 2 amide bonds. The van der Waals surface area contributed by atoms with Crippen molar-refractivity contribution in [3.05, 3.63) is 34.4 Å². The van der Waals surface area contributed by atoms with Crippen LogP contribution in [-0.4, -0.2) is 118 Å². The number of carbonyl (C=O) groups is 2. The maximum Gasteiger partial charge on any atom is 0.412 e. The van der Waals surface area contributed by atoms with Crippen LogP contribution in [0, 0.1) is 10.1 Å². The number of nitro benzene ring substituents is 1. The number of aliphatic hydroxyl groups is 5. The molecule has 1 aromatic carbocycles. The normalized spacial score (nSPS) is 18.5. The largest absolute Gasteiger partial charge is 0.412 e. The van der Waals surface area contributed by atoms with Gasteiger partial charge in [-0.2, -0.15) is 0 Å². The highest BCUT2D eigenvalue weighted by atomic mass is 16.7. The SMILES string of the molecule is CCCCCCCCCCCCCCCCCCCCCCCCCC(=O)N[C@@H](CO[C@H]1O[C@H](COCCCCCCNC(=O)Oc2ccc([N+](=O)[O-])cc2)[C@H](O)[C@H](O)[C@H]1O)[C@H](O)[C@H](O)CCCCCCCCCCCCCC. The summed E-state index contributed by atoms with van der Waals surface area (Å²) in [4.78, 5) is 35.7. The molecule has 1 aromatic rings. The molecule has 16 heteroatoms. The first-order chi connectivity index (χ1) is 38.5. The minimum atomic E-state index is -1.63. The van der Waals surface area contributed by atoms with E-state index in [9.17, 15) is 45.2 Å². The van der Waals surface area contributed by atoms with E-state index in [1.807, 2.05) is 0 Å². The molecule has 1 heterocycles. The monoisotopic (exact) mass is 1120 g/mol. The van der Waals surface area contributed by atoms with Crippen molar-refractivity contribution < 1.29 is 59.0 Å². The number of hydrogen-bond acceptors (Lipinski definition) is 13. The van der Waals surface area contributed by atoms with E-state index < -0.39 is 60.0 Å². The third kappa shape index (κ3) is 37.7. The van der Waals surface area contributed by atoms with Crippen LogP contribution in [0.4, 0.5) is 10.5 Å². The van der Waals surface area contributed by atoms with Crippen molar-refractivity contribution in [1.82, 2.24) is 10.6 Å². The van der Waals surface area contributed by atoms with Crippen LogP contribution < -0.4 is 15.4 Å². The lowest BCUT2D eigenvalue weighted by molar-refractivity contribution is -0.384. The highest BCUT2D eigenvalue weighted by Gasteiger charge is 2.45. The Morgan fingerprint density at radius 3 is 1.48 bits per heavy atom. The van der Waals surface area contributed by atoms with E-state index in [2.05, 4.69) is 24.5 Å². The Balaban J connectivity index is 1.71. The Morgan fingerprint density at radius 1 is 0.582 bits per heavy atom. The van der Waals surface area contributed by atoms with Gasteiger partial charge in [0, 0.05) is 31.7 Å². The van der Waals surface area contributed by atoms with Gasteiger partial charge in [0.2, 0.25) is 5.91 Å². The van der Waals surface area contributed by atoms with Crippen molar-refractivity contribution in [2.24, 2.45) is 0 Å². The molecule has 2 rings (SSSR count). The number of nitrogens with zero attached hydrogens (tertiary/aromatic N) is 1. The molecule has 1 aliphatic rings. The van der Waals surface area contributed by atoms with E-state index in [-0.39, 0.29) is 37.0 Å². The molecule has 0 spiro atoms. The first kappa shape index (κ1) is 72.1. The standard InChI is InChI=1S/C63H115N3O13/c1-3-5-7-9-11-13-15-17-18-19-20-21-22-23-24-25-26-27-29-31-33-35-39-43-57(68)65-54(58(69)55(67)42-38-34-32-30-28-16-14-12-10-8-6-4-2)50-77-62-61(72)60(71)59(70)56(79-62)51-76-49-41-37-36-40-48-64-63(73)78-53-46-44-52(45-47-53)66(74)75/h44-47,54-56,58-62,67,69-72H,3-43,48-51H2,1-2H3,(H,64,73)(H,65,68)/t54-,55+,56+,58-,59-,60-,61+,62-/m0/s1. The van der Waals surface area contributed by atoms with Gasteiger partial charge in [-0.1, -0.05) is 245 Å². The maximum absolute atomic E-state index is 13.3. The summed E-state index contributed by atoms with van der Waals surface area (Å²) in [5.41, 5.74) is -0.101. The Morgan fingerprint density at radius 2 is 1.01 bits per heavy atom. The highest BCUT2D eigenvalue weighted by molar-refractivity contribution is 5.76. The lowest BCUT2D eigenvalue weighted by atomic mass is 9.98. The van der Waals surface area contributed by atoms with Gasteiger partial charge in [0.05, 0.1) is 30.3 Å². The summed E-state index contributed by atoms with van der Waals surface area (Å²) in [7, 11) is 0. The van der Waals surface area contributed by atoms with Crippen molar-refractivity contribution in [2.75, 3.05) is 26.4 Å². The fourth-order valence-corrected chi connectivity index (χ4v) is 10.5. The van der Waals surface area contributed by atoms with Gasteiger partial charge >= 0.3 is 6.09 Å². The number of nitro groups is 1. The van der Waals surface area contributed by atoms with Crippen LogP contribution in [0.1, 0.15) is 277 Å². The van der Waals surface area contributed by atoms with Gasteiger partial charge in [-0.05, 0) is 37.8 Å². The van der Waals surface area contributed by atoms with Crippen LogP contribution >= 0.6 is 0 Å². The summed E-state index contributed by atoms with van der Waals surface area (Å²) < 4.78 is 22.8. The molecular weight excluding hydrogens is 1010 g/mol. The van der Waals surface area contributed by atoms with Crippen LogP contribution in [0.2, 0.25) is 0 Å². The molecule has 460 valence electrons. The van der Waals surface area contributed by atoms with E-state index in [0.717, 1.165) is 57.8 Å². The molecule has 0 aliphatic carbocycles. The van der Waals surface area contributed by atoms with Crippen LogP contribution in [-0.2, 0) is 19.0 Å². The molecular formula is C63H115N3O13. The molecule has 16 nitrogen and oxygen atoms in total. The van der Waals surface area contributed by atoms with Crippen LogP contribution in [0.5, 0.6) is 5.75 Å². The van der Waals surface area contributed by atoms with Crippen LogP contribution in [0.3, 0.4) is 0 Å². The number of benzene rings is 1. The van der Waals surface area contributed by atoms with Gasteiger partial charge < -0.3 is 55.1 Å². The molecule has 79 heavy (non-hydrogen) atoms. The van der Waals surface area contributed by atoms with Crippen LogP contribution in [0.25, 0.3) is 0 Å². The average Bonchev–Trinajstić information content (AvgIpc) is 3.45. The third-order valence-electron chi connectivity index (χ3n) is 15.6. The minimum Gasteiger partial charge on any atom is -0.410 e. The Hall–Kier alpha value is -2.96. The molecule has 7 N–H and O–H groups in total. The van der Waals surface area contributed by atoms with Gasteiger partial charge in [0.25, 0.3) is 5.69 Å². The molecule has 1 fully saturated rings. The van der Waals surface area contributed by atoms with Crippen molar-refractivity contribution in [2.45, 2.75) is 326 Å². The van der Waals surface area contributed by atoms with Gasteiger partial charge in [-0.3, -0.25) is 14.9 Å². The predicted molar refractivity (Wildman–Crippen MR) is 315 cm³/mol. The number of ether oxygens (including phenoxy) is 4. The van der Waals surface area contributed by atoms with E-state index >= 15 is 0 Å². The molecule has 0 bridgehead atoms. The second-order valence-electron chi connectivity index (χ2n) is 22.8. The predicted octanol–water partition coefficient (Wildman–Crippen LogP) is 13.8. The molecule has 0 unspecified atom stereocenters. The van der Waals surface area contributed by atoms with Gasteiger partial charge in [0.1, 0.15) is 36.3 Å². The highest BCUT2D eigenvalue weighted by Crippen LogP contribution is 2.25. The summed E-state index contributed by atoms with van der Waals surface area (Å²) in [6.45, 7) is 4.80. The Kier molecular flexibility index (Phi) is 45.3. The lowest BCUT2D eigenvalue weighted by Gasteiger charge is -2.40. The lowest BCUT2D eigenvalue weighted by Crippen LogP contribution is -2.60. The zero-order valence-electron chi connectivity index (χ0n) is 49.7. The van der Waals surface area contributed by atoms with E-state index in [1.165, 1.54) is 198 Å². The maximum atomic E-state index is 13.3. The summed E-state index contributed by atoms with van der Waals surface area (Å²) >= 11 is 0. The second kappa shape index (κ2) is 49.6. The van der Waals surface area contributed by atoms with Gasteiger partial charge in [0.15, 0.2) is 6.29 Å². The topological polar surface area (TPSA) is 239 Å². The number of non-ortho nitro benzene ring substituents is 1.